The number of hydrogen-bond acceptors (Lipinski definition) is 6. The van der Waals surface area contributed by atoms with Crippen molar-refractivity contribution in [2.75, 3.05) is 11.9 Å². The molecule has 0 radical (unpaired) electrons. The van der Waals surface area contributed by atoms with E-state index in [0.717, 1.165) is 48.3 Å². The van der Waals surface area contributed by atoms with Crippen LogP contribution in [-0.4, -0.2) is 31.0 Å². The highest BCUT2D eigenvalue weighted by atomic mass is 15.2. The summed E-state index contributed by atoms with van der Waals surface area (Å²) in [6.07, 6.45) is 11.9. The summed E-state index contributed by atoms with van der Waals surface area (Å²) in [5.41, 5.74) is 3.99. The molecule has 7 nitrogen and oxygen atoms in total. The van der Waals surface area contributed by atoms with E-state index < -0.39 is 0 Å². The van der Waals surface area contributed by atoms with Crippen molar-refractivity contribution in [3.63, 3.8) is 0 Å². The van der Waals surface area contributed by atoms with Gasteiger partial charge < -0.3 is 9.88 Å². The third-order valence-electron chi connectivity index (χ3n) is 8.35. The molecule has 0 aromatic carbocycles. The van der Waals surface area contributed by atoms with Gasteiger partial charge in [-0.25, -0.2) is 4.98 Å². The third-order valence-corrected chi connectivity index (χ3v) is 8.35. The Morgan fingerprint density at radius 2 is 1.89 bits per heavy atom. The fourth-order valence-electron chi connectivity index (χ4n) is 5.59. The van der Waals surface area contributed by atoms with E-state index in [1.807, 2.05) is 6.20 Å². The molecule has 0 bridgehead atoms. The van der Waals surface area contributed by atoms with Crippen LogP contribution in [0.4, 0.5) is 5.82 Å². The minimum absolute atomic E-state index is 0.160. The van der Waals surface area contributed by atoms with Crippen LogP contribution in [-0.2, 0) is 6.54 Å². The molecule has 2 aliphatic rings. The summed E-state index contributed by atoms with van der Waals surface area (Å²) < 4.78 is 2.29. The van der Waals surface area contributed by atoms with Gasteiger partial charge in [-0.1, -0.05) is 47.0 Å². The van der Waals surface area contributed by atoms with Crippen molar-refractivity contribution in [3.05, 3.63) is 29.7 Å². The summed E-state index contributed by atoms with van der Waals surface area (Å²) in [4.78, 5) is 18.9. The maximum absolute atomic E-state index is 9.63. The van der Waals surface area contributed by atoms with Crippen LogP contribution >= 0.6 is 0 Å². The number of nitrogens with one attached hydrogen (secondary N) is 1. The quantitative estimate of drug-likeness (QED) is 0.381. The van der Waals surface area contributed by atoms with E-state index in [1.165, 1.54) is 50.5 Å². The largest absolute Gasteiger partial charge is 0.368 e. The van der Waals surface area contributed by atoms with Crippen molar-refractivity contribution in [2.45, 2.75) is 91.5 Å². The van der Waals surface area contributed by atoms with Gasteiger partial charge in [0.2, 0.25) is 5.82 Å². The summed E-state index contributed by atoms with van der Waals surface area (Å²) >= 11 is 0. The van der Waals surface area contributed by atoms with Gasteiger partial charge in [-0.15, -0.1) is 0 Å². The number of nitriles is 1. The monoisotopic (exact) mass is 485 g/mol. The molecular formula is C29H39N7. The Kier molecular flexibility index (Phi) is 6.96. The Morgan fingerprint density at radius 3 is 2.56 bits per heavy atom. The van der Waals surface area contributed by atoms with E-state index >= 15 is 0 Å². The minimum Gasteiger partial charge on any atom is -0.368 e. The van der Waals surface area contributed by atoms with Crippen molar-refractivity contribution < 1.29 is 0 Å². The predicted octanol–water partition coefficient (Wildman–Crippen LogP) is 6.70. The average Bonchev–Trinajstić information content (AvgIpc) is 3.20. The minimum atomic E-state index is 0.160. The van der Waals surface area contributed by atoms with Crippen molar-refractivity contribution in [1.82, 2.24) is 24.5 Å². The molecule has 0 spiro atoms. The van der Waals surface area contributed by atoms with Crippen LogP contribution in [0.3, 0.4) is 0 Å². The standard InChI is InChI=1S/C29H39N7/c1-19(2)22-11-15-31-23(16-22)28-35-27-25(36(28)18-21-8-12-29(3,4)13-9-21)26(33-24(17-30)34-27)32-14-10-20-6-5-7-20/h11,15-16,19-21H,5-10,12-14,18H2,1-4H3,(H,32,33,34). The number of anilines is 1. The number of rotatable bonds is 8. The number of fused-ring (bicyclic) bond motifs is 1. The number of hydrogen-bond donors (Lipinski definition) is 1. The Labute approximate surface area is 214 Å². The smallest absolute Gasteiger partial charge is 0.236 e. The lowest BCUT2D eigenvalue weighted by atomic mass is 9.73. The highest BCUT2D eigenvalue weighted by Gasteiger charge is 2.29. The van der Waals surface area contributed by atoms with E-state index in [4.69, 9.17) is 9.97 Å². The van der Waals surface area contributed by atoms with Gasteiger partial charge in [0.1, 0.15) is 17.3 Å². The van der Waals surface area contributed by atoms with Gasteiger partial charge in [0.15, 0.2) is 17.3 Å². The summed E-state index contributed by atoms with van der Waals surface area (Å²) in [6.45, 7) is 10.9. The van der Waals surface area contributed by atoms with Crippen molar-refractivity contribution in [3.8, 4) is 17.6 Å². The van der Waals surface area contributed by atoms with Crippen LogP contribution in [0, 0.1) is 28.6 Å². The summed E-state index contributed by atoms with van der Waals surface area (Å²) in [7, 11) is 0. The Morgan fingerprint density at radius 1 is 1.11 bits per heavy atom. The van der Waals surface area contributed by atoms with Gasteiger partial charge in [0.25, 0.3) is 0 Å². The summed E-state index contributed by atoms with van der Waals surface area (Å²) in [6, 6.07) is 6.36. The molecule has 0 unspecified atom stereocenters. The van der Waals surface area contributed by atoms with Crippen molar-refractivity contribution in [2.24, 2.45) is 17.3 Å². The van der Waals surface area contributed by atoms with E-state index in [9.17, 15) is 5.26 Å². The molecule has 5 rings (SSSR count). The molecule has 3 heterocycles. The van der Waals surface area contributed by atoms with Crippen LogP contribution in [0.2, 0.25) is 0 Å². The first-order chi connectivity index (χ1) is 17.3. The highest BCUT2D eigenvalue weighted by Crippen LogP contribution is 2.40. The van der Waals surface area contributed by atoms with Crippen LogP contribution in [0.1, 0.15) is 96.4 Å². The Hall–Kier alpha value is -3.01. The second-order valence-electron chi connectivity index (χ2n) is 12.0. The second kappa shape index (κ2) is 10.2. The zero-order chi connectivity index (χ0) is 25.3. The van der Waals surface area contributed by atoms with Gasteiger partial charge in [-0.05, 0) is 73.0 Å². The van der Waals surface area contributed by atoms with E-state index in [-0.39, 0.29) is 5.82 Å². The average molecular weight is 486 g/mol. The zero-order valence-electron chi connectivity index (χ0n) is 22.2. The number of aromatic nitrogens is 5. The lowest BCUT2D eigenvalue weighted by molar-refractivity contribution is 0.180. The molecule has 0 atom stereocenters. The first kappa shape index (κ1) is 24.7. The zero-order valence-corrected chi connectivity index (χ0v) is 22.2. The molecule has 2 fully saturated rings. The molecular weight excluding hydrogens is 446 g/mol. The Bertz CT molecular complexity index is 1250. The number of nitrogens with zero attached hydrogens (tertiary/aromatic N) is 6. The molecule has 1 N–H and O–H groups in total. The maximum atomic E-state index is 9.63. The molecule has 7 heteroatoms. The van der Waals surface area contributed by atoms with Gasteiger partial charge >= 0.3 is 0 Å². The molecule has 2 aliphatic carbocycles. The first-order valence-corrected chi connectivity index (χ1v) is 13.7. The third kappa shape index (κ3) is 5.23. The van der Waals surface area contributed by atoms with Gasteiger partial charge in [0.05, 0.1) is 0 Å². The lowest BCUT2D eigenvalue weighted by Gasteiger charge is -2.34. The highest BCUT2D eigenvalue weighted by molar-refractivity contribution is 5.87. The summed E-state index contributed by atoms with van der Waals surface area (Å²) in [5.74, 6) is 3.49. The van der Waals surface area contributed by atoms with Gasteiger partial charge in [-0.2, -0.15) is 15.2 Å². The molecule has 3 aromatic rings. The fraction of sp³-hybridized carbons (Fsp3) is 0.621. The predicted molar refractivity (Wildman–Crippen MR) is 144 cm³/mol. The topological polar surface area (TPSA) is 92.3 Å². The maximum Gasteiger partial charge on any atom is 0.236 e. The molecule has 0 saturated heterocycles. The van der Waals surface area contributed by atoms with E-state index in [0.29, 0.717) is 22.9 Å². The number of imidazole rings is 1. The van der Waals surface area contributed by atoms with Crippen molar-refractivity contribution >= 4 is 17.0 Å². The van der Waals surface area contributed by atoms with Crippen LogP contribution in [0.25, 0.3) is 22.7 Å². The summed E-state index contributed by atoms with van der Waals surface area (Å²) in [5, 5.41) is 13.2. The first-order valence-electron chi connectivity index (χ1n) is 13.7. The normalized spacial score (nSPS) is 18.3. The molecule has 0 amide bonds. The molecule has 2 saturated carbocycles. The van der Waals surface area contributed by atoms with Gasteiger partial charge in [0, 0.05) is 19.3 Å². The van der Waals surface area contributed by atoms with Crippen molar-refractivity contribution in [1.29, 1.82) is 5.26 Å². The van der Waals surface area contributed by atoms with Crippen LogP contribution in [0.15, 0.2) is 18.3 Å². The number of pyridine rings is 1. The fourth-order valence-corrected chi connectivity index (χ4v) is 5.59. The van der Waals surface area contributed by atoms with Crippen LogP contribution in [0.5, 0.6) is 0 Å². The van der Waals surface area contributed by atoms with E-state index in [1.54, 1.807) is 0 Å². The molecule has 3 aromatic heterocycles. The van der Waals surface area contributed by atoms with Crippen LogP contribution < -0.4 is 5.32 Å². The SMILES string of the molecule is CC(C)c1ccnc(-c2nc3nc(C#N)nc(NCCC4CCC4)c3n2CC2CCC(C)(C)CC2)c1. The molecule has 36 heavy (non-hydrogen) atoms. The van der Waals surface area contributed by atoms with Gasteiger partial charge in [-0.3, -0.25) is 4.98 Å². The second-order valence-corrected chi connectivity index (χ2v) is 12.0. The van der Waals surface area contributed by atoms with E-state index in [2.05, 4.69) is 65.7 Å². The molecule has 0 aliphatic heterocycles. The Balaban J connectivity index is 1.57. The molecule has 190 valence electrons. The lowest BCUT2D eigenvalue weighted by Crippen LogP contribution is -2.24.